The van der Waals surface area contributed by atoms with Crippen LogP contribution >= 0.6 is 23.2 Å². The van der Waals surface area contributed by atoms with Crippen LogP contribution in [0.2, 0.25) is 10.0 Å². The molecule has 2 atom stereocenters. The van der Waals surface area contributed by atoms with Crippen molar-refractivity contribution in [2.24, 2.45) is 5.41 Å². The number of halogens is 3. The van der Waals surface area contributed by atoms with Crippen molar-refractivity contribution in [3.05, 3.63) is 75.0 Å². The molecule has 2 bridgehead atoms. The molecule has 0 spiro atoms. The van der Waals surface area contributed by atoms with Crippen LogP contribution in [0.25, 0.3) is 11.1 Å². The molecular formula is C33H29Cl2FN4O5. The molecule has 3 aromatic rings. The highest BCUT2D eigenvalue weighted by molar-refractivity contribution is 6.40. The number of carboxylic acid groups (broad SMARTS) is 1. The lowest BCUT2D eigenvalue weighted by Gasteiger charge is -2.45. The Labute approximate surface area is 269 Å². The lowest BCUT2D eigenvalue weighted by Crippen LogP contribution is -2.54. The Balaban J connectivity index is 1.17. The van der Waals surface area contributed by atoms with Gasteiger partial charge in [-0.2, -0.15) is 5.26 Å². The average Bonchev–Trinajstić information content (AvgIpc) is 3.25. The number of aromatic carboxylic acids is 1. The fourth-order valence-electron chi connectivity index (χ4n) is 6.95. The van der Waals surface area contributed by atoms with Gasteiger partial charge in [-0.05, 0) is 44.0 Å². The SMILES string of the molecule is CC1(C#N)CN(c2cc(Cl)c(C(=O)N3COc4c(cccc4-c4cc(N5C6CCC5COC6)c(C(=O)O)cc4F)C3)c(Cl)c2)C1. The number of fused-ring (bicyclic) bond motifs is 3. The molecule has 232 valence electrons. The fraction of sp³-hybridized carbons (Fsp3) is 0.364. The summed E-state index contributed by atoms with van der Waals surface area (Å²) in [4.78, 5) is 31.4. The highest BCUT2D eigenvalue weighted by Gasteiger charge is 2.41. The average molecular weight is 652 g/mol. The standard InChI is InChI=1S/C33H29Cl2FN4O5/c1-33(14-37)15-39(16-33)21-7-25(34)29(26(35)8-21)31(41)38-11-18-3-2-4-22(30(18)45-17-38)23-10-28(24(32(42)43)9-27(23)36)40-19-5-6-20(40)13-44-12-19/h2-4,7-10,19-20H,5-6,11-13,15-17H2,1H3,(H,42,43). The summed E-state index contributed by atoms with van der Waals surface area (Å²) in [7, 11) is 0. The molecular weight excluding hydrogens is 622 g/mol. The Bertz CT molecular complexity index is 1750. The number of carbonyl (C=O) groups excluding carboxylic acids is 1. The number of anilines is 2. The second kappa shape index (κ2) is 11.1. The zero-order valence-electron chi connectivity index (χ0n) is 24.4. The smallest absolute Gasteiger partial charge is 0.337 e. The van der Waals surface area contributed by atoms with Gasteiger partial charge in [0.2, 0.25) is 0 Å². The molecule has 1 amide bonds. The predicted octanol–water partition coefficient (Wildman–Crippen LogP) is 6.21. The van der Waals surface area contributed by atoms with Crippen LogP contribution in [-0.2, 0) is 11.3 Å². The van der Waals surface area contributed by atoms with Gasteiger partial charge in [0.25, 0.3) is 5.91 Å². The van der Waals surface area contributed by atoms with Crippen LogP contribution in [0.3, 0.4) is 0 Å². The van der Waals surface area contributed by atoms with Gasteiger partial charge in [0.05, 0.1) is 70.2 Å². The second-order valence-electron chi connectivity index (χ2n) is 12.4. The first-order valence-corrected chi connectivity index (χ1v) is 15.4. The van der Waals surface area contributed by atoms with E-state index in [-0.39, 0.29) is 52.1 Å². The molecule has 4 aliphatic rings. The van der Waals surface area contributed by atoms with Gasteiger partial charge < -0.3 is 29.3 Å². The maximum Gasteiger partial charge on any atom is 0.337 e. The summed E-state index contributed by atoms with van der Waals surface area (Å²) in [6, 6.07) is 13.7. The maximum absolute atomic E-state index is 15.6. The van der Waals surface area contributed by atoms with Gasteiger partial charge in [0.1, 0.15) is 11.6 Å². The van der Waals surface area contributed by atoms with Gasteiger partial charge in [-0.1, -0.05) is 41.4 Å². The first-order chi connectivity index (χ1) is 21.6. The molecule has 7 rings (SSSR count). The van der Waals surface area contributed by atoms with Crippen molar-refractivity contribution in [3.8, 4) is 22.9 Å². The molecule has 12 heteroatoms. The molecule has 45 heavy (non-hydrogen) atoms. The van der Waals surface area contributed by atoms with Crippen LogP contribution in [-0.4, -0.2) is 67.0 Å². The Morgan fingerprint density at radius 1 is 1.07 bits per heavy atom. The number of nitrogens with zero attached hydrogens (tertiary/aromatic N) is 4. The number of rotatable bonds is 5. The normalized spacial score (nSPS) is 21.4. The minimum atomic E-state index is -1.20. The minimum Gasteiger partial charge on any atom is -0.478 e. The molecule has 0 radical (unpaired) electrons. The number of benzene rings is 3. The molecule has 0 aromatic heterocycles. The number of carboxylic acids is 1. The molecule has 4 aliphatic heterocycles. The number of morpholine rings is 1. The number of carbonyl (C=O) groups is 2. The summed E-state index contributed by atoms with van der Waals surface area (Å²) in [6.45, 7) is 3.99. The van der Waals surface area contributed by atoms with E-state index in [2.05, 4.69) is 11.0 Å². The number of hydrogen-bond donors (Lipinski definition) is 1. The summed E-state index contributed by atoms with van der Waals surface area (Å²) in [5, 5.41) is 19.7. The van der Waals surface area contributed by atoms with E-state index in [1.165, 1.54) is 4.90 Å². The largest absolute Gasteiger partial charge is 0.478 e. The van der Waals surface area contributed by atoms with Gasteiger partial charge in [-0.25, -0.2) is 9.18 Å². The molecule has 3 fully saturated rings. The summed E-state index contributed by atoms with van der Waals surface area (Å²) < 4.78 is 27.4. The Morgan fingerprint density at radius 3 is 2.40 bits per heavy atom. The number of ether oxygens (including phenoxy) is 2. The van der Waals surface area contributed by atoms with Crippen molar-refractivity contribution in [2.75, 3.05) is 42.8 Å². The van der Waals surface area contributed by atoms with Gasteiger partial charge in [-0.15, -0.1) is 0 Å². The van der Waals surface area contributed by atoms with E-state index in [1.54, 1.807) is 36.4 Å². The topological polar surface area (TPSA) is 106 Å². The first kappa shape index (κ1) is 29.7. The van der Waals surface area contributed by atoms with Crippen LogP contribution in [0.15, 0.2) is 42.5 Å². The molecule has 3 aromatic carbocycles. The van der Waals surface area contributed by atoms with E-state index >= 15 is 4.39 Å². The summed E-state index contributed by atoms with van der Waals surface area (Å²) in [6.07, 6.45) is 1.75. The number of hydrogen-bond acceptors (Lipinski definition) is 7. The summed E-state index contributed by atoms with van der Waals surface area (Å²) >= 11 is 13.2. The molecule has 3 saturated heterocycles. The highest BCUT2D eigenvalue weighted by atomic mass is 35.5. The third-order valence-corrected chi connectivity index (χ3v) is 9.79. The highest BCUT2D eigenvalue weighted by Crippen LogP contribution is 2.44. The Hall–Kier alpha value is -4.04. The maximum atomic E-state index is 15.6. The van der Waals surface area contributed by atoms with Crippen LogP contribution < -0.4 is 14.5 Å². The van der Waals surface area contributed by atoms with Gasteiger partial charge in [0, 0.05) is 35.5 Å². The van der Waals surface area contributed by atoms with Crippen molar-refractivity contribution in [3.63, 3.8) is 0 Å². The van der Waals surface area contributed by atoms with Crippen molar-refractivity contribution in [1.82, 2.24) is 4.90 Å². The van der Waals surface area contributed by atoms with Gasteiger partial charge in [-0.3, -0.25) is 4.79 Å². The van der Waals surface area contributed by atoms with Crippen molar-refractivity contribution in [1.29, 1.82) is 5.26 Å². The van der Waals surface area contributed by atoms with Crippen LogP contribution in [0.4, 0.5) is 15.8 Å². The minimum absolute atomic E-state index is 0.0250. The third-order valence-electron chi connectivity index (χ3n) is 9.19. The first-order valence-electron chi connectivity index (χ1n) is 14.7. The van der Waals surface area contributed by atoms with E-state index in [0.717, 1.165) is 24.6 Å². The second-order valence-corrected chi connectivity index (χ2v) is 13.2. The zero-order valence-corrected chi connectivity index (χ0v) is 25.9. The molecule has 0 aliphatic carbocycles. The van der Waals surface area contributed by atoms with Crippen molar-refractivity contribution >= 4 is 46.5 Å². The van der Waals surface area contributed by atoms with Crippen molar-refractivity contribution in [2.45, 2.75) is 38.4 Å². The molecule has 1 N–H and O–H groups in total. The van der Waals surface area contributed by atoms with Crippen LogP contribution in [0, 0.1) is 22.6 Å². The van der Waals surface area contributed by atoms with E-state index in [9.17, 15) is 20.0 Å². The molecule has 0 saturated carbocycles. The van der Waals surface area contributed by atoms with Gasteiger partial charge >= 0.3 is 5.97 Å². The summed E-state index contributed by atoms with van der Waals surface area (Å²) in [5.74, 6) is -1.87. The van der Waals surface area contributed by atoms with E-state index in [4.69, 9.17) is 32.7 Å². The fourth-order valence-corrected chi connectivity index (χ4v) is 7.58. The number of amides is 1. The molecule has 4 heterocycles. The summed E-state index contributed by atoms with van der Waals surface area (Å²) in [5.41, 5.74) is 2.16. The Morgan fingerprint density at radius 2 is 1.76 bits per heavy atom. The zero-order chi connectivity index (χ0) is 31.6. The Kier molecular flexibility index (Phi) is 7.31. The predicted molar refractivity (Wildman–Crippen MR) is 167 cm³/mol. The molecule has 9 nitrogen and oxygen atoms in total. The van der Waals surface area contributed by atoms with Crippen LogP contribution in [0.5, 0.6) is 5.75 Å². The lowest BCUT2D eigenvalue weighted by atomic mass is 9.83. The molecule has 2 unspecified atom stereocenters. The van der Waals surface area contributed by atoms with E-state index in [0.29, 0.717) is 48.9 Å². The quantitative estimate of drug-likeness (QED) is 0.348. The number of para-hydroxylation sites is 1. The van der Waals surface area contributed by atoms with E-state index in [1.807, 2.05) is 11.8 Å². The third kappa shape index (κ3) is 5.03. The van der Waals surface area contributed by atoms with E-state index < -0.39 is 23.1 Å². The van der Waals surface area contributed by atoms with Crippen LogP contribution in [0.1, 0.15) is 46.0 Å². The number of nitriles is 1. The van der Waals surface area contributed by atoms with Crippen molar-refractivity contribution < 1.29 is 28.6 Å². The van der Waals surface area contributed by atoms with Gasteiger partial charge in [0.15, 0.2) is 6.73 Å². The monoisotopic (exact) mass is 650 g/mol. The lowest BCUT2D eigenvalue weighted by molar-refractivity contribution is 0.0516.